The first-order chi connectivity index (χ1) is 18.3. The SMILES string of the molecule is CC1(C)C(=O)N(c2ccc(C#N)c(Cl)c2)c2ccc(-c3ccc(N4CC(CN5CCNCC5)C4)cc3)cc21. The highest BCUT2D eigenvalue weighted by Gasteiger charge is 2.44. The van der Waals surface area contributed by atoms with Gasteiger partial charge >= 0.3 is 0 Å². The molecule has 3 aromatic rings. The molecular formula is C31H32ClN5O. The molecule has 7 heteroatoms. The third-order valence-corrected chi connectivity index (χ3v) is 8.54. The minimum atomic E-state index is -0.678. The van der Waals surface area contributed by atoms with E-state index >= 15 is 0 Å². The molecule has 2 saturated heterocycles. The highest BCUT2D eigenvalue weighted by molar-refractivity contribution is 6.32. The standard InChI is InChI=1S/C31H32ClN5O/c1-31(2)27-15-23(6-10-29(27)37(30(31)38)26-9-5-24(17-33)28(32)16-26)22-3-7-25(8-4-22)36-19-21(20-36)18-35-13-11-34-12-14-35/h3-10,15-16,21,34H,11-14,18-20H2,1-2H3. The Morgan fingerprint density at radius 1 is 0.974 bits per heavy atom. The van der Waals surface area contributed by atoms with Crippen LogP contribution in [0.1, 0.15) is 25.0 Å². The van der Waals surface area contributed by atoms with Gasteiger partial charge in [0.1, 0.15) is 6.07 Å². The molecular weight excluding hydrogens is 494 g/mol. The molecule has 0 spiro atoms. The van der Waals surface area contributed by atoms with Gasteiger partial charge in [-0.15, -0.1) is 0 Å². The lowest BCUT2D eigenvalue weighted by Crippen LogP contribution is -2.54. The molecule has 0 radical (unpaired) electrons. The summed E-state index contributed by atoms with van der Waals surface area (Å²) >= 11 is 6.29. The Bertz CT molecular complexity index is 1420. The first-order valence-electron chi connectivity index (χ1n) is 13.3. The Morgan fingerprint density at radius 2 is 1.66 bits per heavy atom. The molecule has 0 aromatic heterocycles. The minimum absolute atomic E-state index is 0.00562. The average Bonchev–Trinajstić information content (AvgIpc) is 3.11. The first-order valence-corrected chi connectivity index (χ1v) is 13.7. The van der Waals surface area contributed by atoms with Gasteiger partial charge in [0.05, 0.1) is 27.4 Å². The van der Waals surface area contributed by atoms with E-state index < -0.39 is 5.41 Å². The van der Waals surface area contributed by atoms with Crippen LogP contribution in [-0.2, 0) is 10.2 Å². The van der Waals surface area contributed by atoms with Crippen molar-refractivity contribution in [1.29, 1.82) is 5.26 Å². The van der Waals surface area contributed by atoms with E-state index in [0.717, 1.165) is 67.6 Å². The number of benzene rings is 3. The van der Waals surface area contributed by atoms with Crippen LogP contribution in [0, 0.1) is 17.2 Å². The highest BCUT2D eigenvalue weighted by atomic mass is 35.5. The number of carbonyl (C=O) groups excluding carboxylic acids is 1. The second-order valence-electron chi connectivity index (χ2n) is 11.1. The number of piperazine rings is 1. The fraction of sp³-hybridized carbons (Fsp3) is 0.355. The second kappa shape index (κ2) is 9.74. The van der Waals surface area contributed by atoms with Crippen molar-refractivity contribution in [3.8, 4) is 17.2 Å². The Labute approximate surface area is 229 Å². The maximum Gasteiger partial charge on any atom is 0.241 e. The second-order valence-corrected chi connectivity index (χ2v) is 11.5. The van der Waals surface area contributed by atoms with Gasteiger partial charge in [-0.2, -0.15) is 5.26 Å². The van der Waals surface area contributed by atoms with Crippen LogP contribution in [0.25, 0.3) is 11.1 Å². The van der Waals surface area contributed by atoms with Crippen molar-refractivity contribution in [2.75, 3.05) is 55.6 Å². The van der Waals surface area contributed by atoms with Gasteiger partial charge in [-0.05, 0) is 73.0 Å². The third kappa shape index (κ3) is 4.35. The number of rotatable bonds is 5. The monoisotopic (exact) mass is 525 g/mol. The van der Waals surface area contributed by atoms with Crippen LogP contribution >= 0.6 is 11.6 Å². The summed E-state index contributed by atoms with van der Waals surface area (Å²) in [5.74, 6) is 0.743. The molecule has 1 N–H and O–H groups in total. The van der Waals surface area contributed by atoms with Gasteiger partial charge in [0.2, 0.25) is 5.91 Å². The van der Waals surface area contributed by atoms with Crippen LogP contribution < -0.4 is 15.1 Å². The van der Waals surface area contributed by atoms with Gasteiger partial charge in [0, 0.05) is 57.4 Å². The summed E-state index contributed by atoms with van der Waals surface area (Å²) in [5.41, 5.74) is 5.74. The van der Waals surface area contributed by atoms with Crippen molar-refractivity contribution in [2.24, 2.45) is 5.92 Å². The molecule has 0 unspecified atom stereocenters. The smallest absolute Gasteiger partial charge is 0.241 e. The van der Waals surface area contributed by atoms with Crippen molar-refractivity contribution < 1.29 is 4.79 Å². The Kier molecular flexibility index (Phi) is 6.39. The zero-order chi connectivity index (χ0) is 26.4. The summed E-state index contributed by atoms with van der Waals surface area (Å²) in [4.78, 5) is 20.3. The molecule has 3 aliphatic rings. The van der Waals surface area contributed by atoms with E-state index in [-0.39, 0.29) is 5.91 Å². The van der Waals surface area contributed by atoms with Crippen LogP contribution in [0.15, 0.2) is 60.7 Å². The van der Waals surface area contributed by atoms with E-state index in [1.54, 1.807) is 23.1 Å². The fourth-order valence-electron chi connectivity index (χ4n) is 5.93. The minimum Gasteiger partial charge on any atom is -0.371 e. The first kappa shape index (κ1) is 24.9. The van der Waals surface area contributed by atoms with Crippen LogP contribution in [0.4, 0.5) is 17.1 Å². The summed E-state index contributed by atoms with van der Waals surface area (Å²) < 4.78 is 0. The van der Waals surface area contributed by atoms with Gasteiger partial charge in [-0.25, -0.2) is 0 Å². The zero-order valence-electron chi connectivity index (χ0n) is 21.9. The van der Waals surface area contributed by atoms with E-state index in [1.165, 1.54) is 12.2 Å². The summed E-state index contributed by atoms with van der Waals surface area (Å²) in [6, 6.07) is 22.3. The predicted molar refractivity (Wildman–Crippen MR) is 153 cm³/mol. The van der Waals surface area contributed by atoms with Gasteiger partial charge in [-0.3, -0.25) is 9.69 Å². The Balaban J connectivity index is 1.19. The van der Waals surface area contributed by atoms with Crippen LogP contribution in [0.3, 0.4) is 0 Å². The van der Waals surface area contributed by atoms with Crippen molar-refractivity contribution in [2.45, 2.75) is 19.3 Å². The van der Waals surface area contributed by atoms with Gasteiger partial charge in [0.25, 0.3) is 0 Å². The fourth-order valence-corrected chi connectivity index (χ4v) is 6.14. The lowest BCUT2D eigenvalue weighted by molar-refractivity contribution is -0.121. The molecule has 38 heavy (non-hydrogen) atoms. The van der Waals surface area contributed by atoms with E-state index in [2.05, 4.69) is 57.6 Å². The topological polar surface area (TPSA) is 62.6 Å². The molecule has 3 heterocycles. The lowest BCUT2D eigenvalue weighted by Gasteiger charge is -2.44. The maximum atomic E-state index is 13.5. The predicted octanol–water partition coefficient (Wildman–Crippen LogP) is 5.18. The normalized spacial score (nSPS) is 19.3. The van der Waals surface area contributed by atoms with Gasteiger partial charge in [0.15, 0.2) is 0 Å². The van der Waals surface area contributed by atoms with Crippen molar-refractivity contribution in [3.63, 3.8) is 0 Å². The Morgan fingerprint density at radius 3 is 2.34 bits per heavy atom. The lowest BCUT2D eigenvalue weighted by atomic mass is 9.84. The highest BCUT2D eigenvalue weighted by Crippen LogP contribution is 2.47. The summed E-state index contributed by atoms with van der Waals surface area (Å²) in [7, 11) is 0. The van der Waals surface area contributed by atoms with Gasteiger partial charge < -0.3 is 15.1 Å². The van der Waals surface area contributed by atoms with E-state index in [0.29, 0.717) is 16.3 Å². The number of amides is 1. The number of nitrogens with zero attached hydrogens (tertiary/aromatic N) is 4. The summed E-state index contributed by atoms with van der Waals surface area (Å²) in [5, 5.41) is 13.0. The third-order valence-electron chi connectivity index (χ3n) is 8.23. The van der Waals surface area contributed by atoms with Crippen molar-refractivity contribution >= 4 is 34.6 Å². The van der Waals surface area contributed by atoms with Crippen molar-refractivity contribution in [1.82, 2.24) is 10.2 Å². The molecule has 194 valence electrons. The van der Waals surface area contributed by atoms with E-state index in [9.17, 15) is 10.1 Å². The van der Waals surface area contributed by atoms with Crippen LogP contribution in [0.2, 0.25) is 5.02 Å². The molecule has 0 atom stereocenters. The molecule has 6 nitrogen and oxygen atoms in total. The van der Waals surface area contributed by atoms with Gasteiger partial charge in [-0.1, -0.05) is 29.8 Å². The number of halogens is 1. The quantitative estimate of drug-likeness (QED) is 0.497. The number of hydrogen-bond donors (Lipinski definition) is 1. The average molecular weight is 526 g/mol. The van der Waals surface area contributed by atoms with Crippen LogP contribution in [0.5, 0.6) is 0 Å². The number of hydrogen-bond acceptors (Lipinski definition) is 5. The maximum absolute atomic E-state index is 13.5. The number of nitrogens with one attached hydrogen (secondary N) is 1. The molecule has 0 bridgehead atoms. The summed E-state index contributed by atoms with van der Waals surface area (Å²) in [6.45, 7) is 11.9. The van der Waals surface area contributed by atoms with E-state index in [1.807, 2.05) is 19.9 Å². The number of anilines is 3. The molecule has 1 amide bonds. The molecule has 3 aromatic carbocycles. The molecule has 3 aliphatic heterocycles. The number of carbonyl (C=O) groups is 1. The number of nitriles is 1. The molecule has 0 aliphatic carbocycles. The molecule has 6 rings (SSSR count). The number of fused-ring (bicyclic) bond motifs is 1. The molecule has 0 saturated carbocycles. The van der Waals surface area contributed by atoms with Crippen molar-refractivity contribution in [3.05, 3.63) is 76.8 Å². The molecule has 2 fully saturated rings. The largest absolute Gasteiger partial charge is 0.371 e. The Hall–Kier alpha value is -3.37. The summed E-state index contributed by atoms with van der Waals surface area (Å²) in [6.07, 6.45) is 0. The van der Waals surface area contributed by atoms with Crippen LogP contribution in [-0.4, -0.2) is 56.6 Å². The zero-order valence-corrected chi connectivity index (χ0v) is 22.6. The van der Waals surface area contributed by atoms with E-state index in [4.69, 9.17) is 11.6 Å².